The number of ketones is 1. The van der Waals surface area contributed by atoms with Gasteiger partial charge >= 0.3 is 17.9 Å². The van der Waals surface area contributed by atoms with Gasteiger partial charge in [0.05, 0.1) is 6.10 Å². The Labute approximate surface area is 211 Å². The van der Waals surface area contributed by atoms with E-state index in [-0.39, 0.29) is 46.6 Å². The van der Waals surface area contributed by atoms with E-state index in [0.717, 1.165) is 18.4 Å². The van der Waals surface area contributed by atoms with Crippen LogP contribution in [0, 0.1) is 28.6 Å². The Kier molecular flexibility index (Phi) is 5.60. The van der Waals surface area contributed by atoms with Gasteiger partial charge in [-0.2, -0.15) is 0 Å². The smallest absolute Gasteiger partial charge is 0.307 e. The van der Waals surface area contributed by atoms with Gasteiger partial charge in [-0.15, -0.1) is 0 Å². The second-order valence-corrected chi connectivity index (χ2v) is 11.8. The van der Waals surface area contributed by atoms with Crippen LogP contribution in [-0.2, 0) is 38.1 Å². The van der Waals surface area contributed by atoms with Gasteiger partial charge in [-0.05, 0) is 55.1 Å². The monoisotopic (exact) mass is 500 g/mol. The van der Waals surface area contributed by atoms with E-state index in [2.05, 4.69) is 26.8 Å². The lowest BCUT2D eigenvalue weighted by molar-refractivity contribution is -0.187. The van der Waals surface area contributed by atoms with Gasteiger partial charge in [0.2, 0.25) is 5.78 Å². The predicted molar refractivity (Wildman–Crippen MR) is 127 cm³/mol. The SMILES string of the molecule is CC(=O)OCC(=O)[C@@]1(OC(C)=O)CC[C@H]2[C@@H]3CC=C4C=C(OC(C)=O)CC(C)[C@]4(C)[C@]34OC4C[C@@]21C. The molecule has 4 aliphatic carbocycles. The van der Waals surface area contributed by atoms with Gasteiger partial charge in [-0.3, -0.25) is 19.2 Å². The summed E-state index contributed by atoms with van der Waals surface area (Å²) in [6.45, 7) is 10.1. The van der Waals surface area contributed by atoms with Crippen molar-refractivity contribution in [3.05, 3.63) is 23.5 Å². The third-order valence-corrected chi connectivity index (χ3v) is 10.2. The maximum Gasteiger partial charge on any atom is 0.307 e. The van der Waals surface area contributed by atoms with E-state index in [1.807, 2.05) is 6.08 Å². The highest BCUT2D eigenvalue weighted by Gasteiger charge is 2.82. The summed E-state index contributed by atoms with van der Waals surface area (Å²) >= 11 is 0. The maximum absolute atomic E-state index is 13.6. The van der Waals surface area contributed by atoms with Crippen LogP contribution in [-0.4, -0.2) is 47.6 Å². The zero-order chi connectivity index (χ0) is 26.3. The van der Waals surface area contributed by atoms with E-state index < -0.39 is 29.6 Å². The first-order chi connectivity index (χ1) is 16.8. The molecule has 0 aromatic heterocycles. The van der Waals surface area contributed by atoms with Crippen molar-refractivity contribution in [2.75, 3.05) is 6.61 Å². The largest absolute Gasteiger partial charge is 0.458 e. The second-order valence-electron chi connectivity index (χ2n) is 11.8. The summed E-state index contributed by atoms with van der Waals surface area (Å²) in [5.41, 5.74) is -1.47. The zero-order valence-corrected chi connectivity index (χ0v) is 22.0. The summed E-state index contributed by atoms with van der Waals surface area (Å²) in [4.78, 5) is 48.9. The fraction of sp³-hybridized carbons (Fsp3) is 0.714. The number of Topliss-reactive ketones (excluding diaryl/α,β-unsaturated/α-hetero) is 1. The summed E-state index contributed by atoms with van der Waals surface area (Å²) in [5.74, 6) is -0.600. The Morgan fingerprint density at radius 2 is 1.78 bits per heavy atom. The second kappa shape index (κ2) is 8.01. The molecule has 2 saturated carbocycles. The van der Waals surface area contributed by atoms with Gasteiger partial charge in [0.25, 0.3) is 0 Å². The molecular formula is C28H36O8. The summed E-state index contributed by atoms with van der Waals surface area (Å²) in [6.07, 6.45) is 7.31. The van der Waals surface area contributed by atoms with Crippen LogP contribution < -0.4 is 0 Å². The molecule has 0 amide bonds. The number of epoxide rings is 1. The Morgan fingerprint density at radius 1 is 1.06 bits per heavy atom. The minimum absolute atomic E-state index is 0.0851. The average Bonchev–Trinajstić information content (AvgIpc) is 3.41. The first-order valence-corrected chi connectivity index (χ1v) is 13.0. The van der Waals surface area contributed by atoms with Gasteiger partial charge in [-0.25, -0.2) is 0 Å². The first kappa shape index (κ1) is 25.2. The quantitative estimate of drug-likeness (QED) is 0.318. The van der Waals surface area contributed by atoms with Crippen LogP contribution in [0.15, 0.2) is 23.5 Å². The van der Waals surface area contributed by atoms with Gasteiger partial charge in [0.15, 0.2) is 12.2 Å². The van der Waals surface area contributed by atoms with Crippen molar-refractivity contribution in [2.24, 2.45) is 28.6 Å². The topological polar surface area (TPSA) is 109 Å². The maximum atomic E-state index is 13.6. The van der Waals surface area contributed by atoms with E-state index in [9.17, 15) is 19.2 Å². The minimum atomic E-state index is -1.34. The standard InChI is InChI=1S/C28H36O8/c1-15-11-20(34-17(3)30)12-19-7-8-22-21-9-10-27(35-18(4)31,23(32)14-33-16(2)29)25(21,5)13-24-28(22,36-24)26(15,19)6/h7,12,15,21-22,24H,8-11,13-14H2,1-6H3/t15?,21-,22-,24?,25-,26-,27-,28-/m0/s1. The van der Waals surface area contributed by atoms with Crippen LogP contribution in [0.5, 0.6) is 0 Å². The number of fused-ring (bicyclic) bond motifs is 3. The van der Waals surface area contributed by atoms with Crippen LogP contribution in [0.25, 0.3) is 0 Å². The molecule has 0 N–H and O–H groups in total. The number of allylic oxidation sites excluding steroid dienone is 3. The number of rotatable bonds is 5. The van der Waals surface area contributed by atoms with Gasteiger partial charge in [0.1, 0.15) is 11.4 Å². The van der Waals surface area contributed by atoms with Gasteiger partial charge in [-0.1, -0.05) is 26.8 Å². The van der Waals surface area contributed by atoms with Crippen LogP contribution in [0.4, 0.5) is 0 Å². The number of esters is 3. The molecule has 196 valence electrons. The number of hydrogen-bond donors (Lipinski definition) is 0. The average molecular weight is 501 g/mol. The third kappa shape index (κ3) is 3.15. The molecule has 8 nitrogen and oxygen atoms in total. The number of carbonyl (C=O) groups is 4. The molecular weight excluding hydrogens is 464 g/mol. The fourth-order valence-electron chi connectivity index (χ4n) is 8.59. The summed E-state index contributed by atoms with van der Waals surface area (Å²) in [5, 5.41) is 0. The van der Waals surface area contributed by atoms with Crippen molar-refractivity contribution in [1.82, 2.24) is 0 Å². The lowest BCUT2D eigenvalue weighted by atomic mass is 9.45. The molecule has 1 heterocycles. The van der Waals surface area contributed by atoms with E-state index in [1.165, 1.54) is 20.8 Å². The van der Waals surface area contributed by atoms with E-state index in [0.29, 0.717) is 25.0 Å². The van der Waals surface area contributed by atoms with Crippen LogP contribution >= 0.6 is 0 Å². The number of hydrogen-bond acceptors (Lipinski definition) is 8. The number of ether oxygens (including phenoxy) is 4. The molecule has 1 saturated heterocycles. The molecule has 1 aliphatic heterocycles. The molecule has 1 spiro atoms. The number of carbonyl (C=O) groups excluding carboxylic acids is 4. The van der Waals surface area contributed by atoms with Gasteiger partial charge < -0.3 is 18.9 Å². The van der Waals surface area contributed by atoms with Crippen molar-refractivity contribution in [1.29, 1.82) is 0 Å². The predicted octanol–water partition coefficient (Wildman–Crippen LogP) is 3.82. The molecule has 36 heavy (non-hydrogen) atoms. The Hall–Kier alpha value is -2.48. The molecule has 5 rings (SSSR count). The van der Waals surface area contributed by atoms with Crippen molar-refractivity contribution < 1.29 is 38.1 Å². The molecule has 8 heteroatoms. The molecule has 0 aromatic rings. The molecule has 5 aliphatic rings. The zero-order valence-electron chi connectivity index (χ0n) is 22.0. The molecule has 2 unspecified atom stereocenters. The van der Waals surface area contributed by atoms with E-state index in [1.54, 1.807) is 0 Å². The molecule has 8 atom stereocenters. The van der Waals surface area contributed by atoms with Crippen LogP contribution in [0.1, 0.15) is 73.6 Å². The first-order valence-electron chi connectivity index (χ1n) is 13.0. The molecule has 0 aromatic carbocycles. The Morgan fingerprint density at radius 3 is 2.42 bits per heavy atom. The molecule has 0 radical (unpaired) electrons. The van der Waals surface area contributed by atoms with E-state index in [4.69, 9.17) is 18.9 Å². The highest BCUT2D eigenvalue weighted by Crippen LogP contribution is 2.77. The Bertz CT molecular complexity index is 1100. The minimum Gasteiger partial charge on any atom is -0.458 e. The molecule has 0 bridgehead atoms. The van der Waals surface area contributed by atoms with Crippen molar-refractivity contribution >= 4 is 23.7 Å². The third-order valence-electron chi connectivity index (χ3n) is 10.2. The van der Waals surface area contributed by atoms with Crippen LogP contribution in [0.2, 0.25) is 0 Å². The van der Waals surface area contributed by atoms with Crippen LogP contribution in [0.3, 0.4) is 0 Å². The highest BCUT2D eigenvalue weighted by molar-refractivity contribution is 5.93. The van der Waals surface area contributed by atoms with Crippen molar-refractivity contribution in [3.63, 3.8) is 0 Å². The normalized spacial score (nSPS) is 43.9. The fourth-order valence-corrected chi connectivity index (χ4v) is 8.59. The summed E-state index contributed by atoms with van der Waals surface area (Å²) in [7, 11) is 0. The summed E-state index contributed by atoms with van der Waals surface area (Å²) < 4.78 is 23.1. The Balaban J connectivity index is 1.53. The lowest BCUT2D eigenvalue weighted by Gasteiger charge is -2.57. The van der Waals surface area contributed by atoms with Gasteiger partial charge in [0, 0.05) is 38.0 Å². The van der Waals surface area contributed by atoms with Crippen molar-refractivity contribution in [3.8, 4) is 0 Å². The van der Waals surface area contributed by atoms with E-state index >= 15 is 0 Å². The summed E-state index contributed by atoms with van der Waals surface area (Å²) in [6, 6.07) is 0. The highest BCUT2D eigenvalue weighted by atomic mass is 16.6. The van der Waals surface area contributed by atoms with Crippen molar-refractivity contribution in [2.45, 2.75) is 91.0 Å². The molecule has 3 fully saturated rings. The lowest BCUT2D eigenvalue weighted by Crippen LogP contribution is -2.63.